The summed E-state index contributed by atoms with van der Waals surface area (Å²) in [7, 11) is 0. The van der Waals surface area contributed by atoms with Crippen LogP contribution < -0.4 is 5.32 Å². The zero-order valence-corrected chi connectivity index (χ0v) is 11.9. The van der Waals surface area contributed by atoms with E-state index < -0.39 is 5.97 Å². The Morgan fingerprint density at radius 3 is 2.95 bits per heavy atom. The number of carbonyl (C=O) groups is 2. The second kappa shape index (κ2) is 7.04. The van der Waals surface area contributed by atoms with Crippen LogP contribution in [0.2, 0.25) is 0 Å². The van der Waals surface area contributed by atoms with Crippen molar-refractivity contribution in [3.8, 4) is 0 Å². The van der Waals surface area contributed by atoms with Gasteiger partial charge in [0.2, 0.25) is 5.91 Å². The fourth-order valence-corrected chi connectivity index (χ4v) is 2.29. The quantitative estimate of drug-likeness (QED) is 0.811. The molecule has 0 saturated carbocycles. The Labute approximate surface area is 123 Å². The lowest BCUT2D eigenvalue weighted by Gasteiger charge is -2.14. The lowest BCUT2D eigenvalue weighted by Crippen LogP contribution is -2.36. The second-order valence-corrected chi connectivity index (χ2v) is 5.19. The lowest BCUT2D eigenvalue weighted by atomic mass is 10.0. The van der Waals surface area contributed by atoms with Crippen molar-refractivity contribution in [2.75, 3.05) is 6.61 Å². The Bertz CT molecular complexity index is 553. The van der Waals surface area contributed by atoms with E-state index in [2.05, 4.69) is 5.32 Å². The zero-order valence-electron chi connectivity index (χ0n) is 11.9. The number of ether oxygens (including phenoxy) is 1. The van der Waals surface area contributed by atoms with Crippen LogP contribution in [-0.4, -0.2) is 29.7 Å². The molecule has 2 unspecified atom stereocenters. The van der Waals surface area contributed by atoms with Gasteiger partial charge in [-0.3, -0.25) is 4.79 Å². The zero-order chi connectivity index (χ0) is 15.2. The van der Waals surface area contributed by atoms with Gasteiger partial charge in [-0.2, -0.15) is 0 Å². The number of carbonyl (C=O) groups excluding carboxylic acids is 1. The Morgan fingerprint density at radius 1 is 1.48 bits per heavy atom. The molecule has 5 nitrogen and oxygen atoms in total. The van der Waals surface area contributed by atoms with Gasteiger partial charge < -0.3 is 15.2 Å². The highest BCUT2D eigenvalue weighted by molar-refractivity contribution is 5.85. The molecule has 2 atom stereocenters. The van der Waals surface area contributed by atoms with Crippen LogP contribution in [0.1, 0.15) is 24.5 Å². The number of aliphatic carboxylic acids is 1. The van der Waals surface area contributed by atoms with E-state index in [-0.39, 0.29) is 17.9 Å². The first-order chi connectivity index (χ1) is 10.1. The van der Waals surface area contributed by atoms with Crippen molar-refractivity contribution >= 4 is 18.0 Å². The van der Waals surface area contributed by atoms with Crippen molar-refractivity contribution < 1.29 is 19.4 Å². The van der Waals surface area contributed by atoms with E-state index in [0.717, 1.165) is 23.6 Å². The van der Waals surface area contributed by atoms with Gasteiger partial charge in [-0.05, 0) is 35.6 Å². The van der Waals surface area contributed by atoms with Gasteiger partial charge in [-0.15, -0.1) is 0 Å². The van der Waals surface area contributed by atoms with Crippen molar-refractivity contribution in [3.63, 3.8) is 0 Å². The van der Waals surface area contributed by atoms with Gasteiger partial charge in [-0.25, -0.2) is 4.79 Å². The van der Waals surface area contributed by atoms with Gasteiger partial charge >= 0.3 is 5.97 Å². The maximum Gasteiger partial charge on any atom is 0.328 e. The standard InChI is InChI=1S/C16H19NO4/c1-11-7-8-21-15(11)16(20)17-10-13-4-2-3-12(9-13)5-6-14(18)19/h2-6,9,11,15H,7-8,10H2,1H3,(H,17,20)(H,18,19)/b6-5+. The highest BCUT2D eigenvalue weighted by Gasteiger charge is 2.30. The van der Waals surface area contributed by atoms with Crippen LogP contribution in [0.5, 0.6) is 0 Å². The molecule has 0 radical (unpaired) electrons. The van der Waals surface area contributed by atoms with E-state index in [1.165, 1.54) is 6.08 Å². The minimum absolute atomic E-state index is 0.0912. The third-order valence-electron chi connectivity index (χ3n) is 3.48. The summed E-state index contributed by atoms with van der Waals surface area (Å²) in [4.78, 5) is 22.5. The highest BCUT2D eigenvalue weighted by Crippen LogP contribution is 2.20. The number of hydrogen-bond donors (Lipinski definition) is 2. The number of hydrogen-bond acceptors (Lipinski definition) is 3. The molecule has 1 saturated heterocycles. The summed E-state index contributed by atoms with van der Waals surface area (Å²) >= 11 is 0. The molecular weight excluding hydrogens is 270 g/mol. The van der Waals surface area contributed by atoms with Crippen LogP contribution in [0.3, 0.4) is 0 Å². The summed E-state index contributed by atoms with van der Waals surface area (Å²) < 4.78 is 5.42. The molecule has 21 heavy (non-hydrogen) atoms. The van der Waals surface area contributed by atoms with Crippen LogP contribution >= 0.6 is 0 Å². The maximum atomic E-state index is 12.0. The molecule has 0 aliphatic carbocycles. The molecule has 0 spiro atoms. The largest absolute Gasteiger partial charge is 0.478 e. The first-order valence-corrected chi connectivity index (χ1v) is 6.95. The van der Waals surface area contributed by atoms with Crippen LogP contribution in [0, 0.1) is 5.92 Å². The molecule has 2 N–H and O–H groups in total. The van der Waals surface area contributed by atoms with Crippen molar-refractivity contribution in [1.29, 1.82) is 0 Å². The van der Waals surface area contributed by atoms with E-state index in [9.17, 15) is 9.59 Å². The molecule has 0 aromatic heterocycles. The van der Waals surface area contributed by atoms with Crippen LogP contribution in [0.4, 0.5) is 0 Å². The summed E-state index contributed by atoms with van der Waals surface area (Å²) in [6.07, 6.45) is 3.16. The van der Waals surface area contributed by atoms with Gasteiger partial charge in [0.15, 0.2) is 0 Å². The average Bonchev–Trinajstić information content (AvgIpc) is 2.89. The minimum atomic E-state index is -0.985. The van der Waals surface area contributed by atoms with E-state index in [0.29, 0.717) is 13.2 Å². The lowest BCUT2D eigenvalue weighted by molar-refractivity contribution is -0.132. The summed E-state index contributed by atoms with van der Waals surface area (Å²) in [5.74, 6) is -0.831. The summed E-state index contributed by atoms with van der Waals surface area (Å²) in [5.41, 5.74) is 1.70. The Hall–Kier alpha value is -2.14. The van der Waals surface area contributed by atoms with E-state index in [4.69, 9.17) is 9.84 Å². The summed E-state index contributed by atoms with van der Waals surface area (Å²) in [5, 5.41) is 11.5. The maximum absolute atomic E-state index is 12.0. The molecule has 1 aromatic rings. The molecule has 1 fully saturated rings. The highest BCUT2D eigenvalue weighted by atomic mass is 16.5. The van der Waals surface area contributed by atoms with Crippen LogP contribution in [-0.2, 0) is 20.9 Å². The number of carboxylic acids is 1. The molecule has 1 aliphatic heterocycles. The second-order valence-electron chi connectivity index (χ2n) is 5.19. The topological polar surface area (TPSA) is 75.6 Å². The van der Waals surface area contributed by atoms with Gasteiger partial charge in [-0.1, -0.05) is 25.1 Å². The number of nitrogens with one attached hydrogen (secondary N) is 1. The van der Waals surface area contributed by atoms with Gasteiger partial charge in [0.05, 0.1) is 0 Å². The Kier molecular flexibility index (Phi) is 5.11. The molecule has 1 aromatic carbocycles. The van der Waals surface area contributed by atoms with E-state index in [1.54, 1.807) is 0 Å². The average molecular weight is 289 g/mol. The first-order valence-electron chi connectivity index (χ1n) is 6.95. The van der Waals surface area contributed by atoms with Crippen LogP contribution in [0.25, 0.3) is 6.08 Å². The van der Waals surface area contributed by atoms with Crippen LogP contribution in [0.15, 0.2) is 30.3 Å². The number of benzene rings is 1. The fraction of sp³-hybridized carbons (Fsp3) is 0.375. The fourth-order valence-electron chi connectivity index (χ4n) is 2.29. The predicted octanol–water partition coefficient (Wildman–Crippen LogP) is 1.83. The molecule has 5 heteroatoms. The molecule has 112 valence electrons. The number of amides is 1. The summed E-state index contributed by atoms with van der Waals surface area (Å²) in [6.45, 7) is 3.05. The number of carboxylic acid groups (broad SMARTS) is 1. The predicted molar refractivity (Wildman–Crippen MR) is 78.5 cm³/mol. The van der Waals surface area contributed by atoms with Gasteiger partial charge in [0, 0.05) is 19.2 Å². The van der Waals surface area contributed by atoms with Crippen molar-refractivity contribution in [3.05, 3.63) is 41.5 Å². The Balaban J connectivity index is 1.92. The Morgan fingerprint density at radius 2 is 2.29 bits per heavy atom. The van der Waals surface area contributed by atoms with Gasteiger partial charge in [0.25, 0.3) is 0 Å². The SMILES string of the molecule is CC1CCOC1C(=O)NCc1cccc(/C=C/C(=O)O)c1. The first kappa shape index (κ1) is 15.3. The van der Waals surface area contributed by atoms with Crippen molar-refractivity contribution in [1.82, 2.24) is 5.32 Å². The monoisotopic (exact) mass is 289 g/mol. The molecule has 1 amide bonds. The normalized spacial score (nSPS) is 21.6. The van der Waals surface area contributed by atoms with E-state index >= 15 is 0 Å². The molecule has 2 rings (SSSR count). The molecule has 1 heterocycles. The third kappa shape index (κ3) is 4.43. The van der Waals surface area contributed by atoms with Gasteiger partial charge in [0.1, 0.15) is 6.10 Å². The molecule has 1 aliphatic rings. The molecular formula is C16H19NO4. The molecule has 0 bridgehead atoms. The van der Waals surface area contributed by atoms with E-state index in [1.807, 2.05) is 31.2 Å². The number of rotatable bonds is 5. The minimum Gasteiger partial charge on any atom is -0.478 e. The third-order valence-corrected chi connectivity index (χ3v) is 3.48. The smallest absolute Gasteiger partial charge is 0.328 e. The van der Waals surface area contributed by atoms with Crippen molar-refractivity contribution in [2.24, 2.45) is 5.92 Å². The summed E-state index contributed by atoms with van der Waals surface area (Å²) in [6, 6.07) is 7.38. The van der Waals surface area contributed by atoms with Crippen molar-refractivity contribution in [2.45, 2.75) is 26.0 Å².